The molecule has 4 heterocycles. The van der Waals surface area contributed by atoms with Gasteiger partial charge < -0.3 is 16.3 Å². The van der Waals surface area contributed by atoms with Crippen LogP contribution in [0, 0.1) is 6.92 Å². The summed E-state index contributed by atoms with van der Waals surface area (Å²) in [6.07, 6.45) is 5.88. The highest BCUT2D eigenvalue weighted by Crippen LogP contribution is 2.38. The molecule has 1 saturated heterocycles. The first kappa shape index (κ1) is 22.4. The minimum Gasteiger partial charge on any atom is -0.354 e. The zero-order valence-electron chi connectivity index (χ0n) is 20.0. The Labute approximate surface area is 199 Å². The minimum absolute atomic E-state index is 0.380. The molecule has 0 aliphatic carbocycles. The molecule has 1 aliphatic rings. The van der Waals surface area contributed by atoms with Crippen LogP contribution in [0.1, 0.15) is 55.2 Å². The van der Waals surface area contributed by atoms with Crippen molar-refractivity contribution in [3.63, 3.8) is 0 Å². The lowest BCUT2D eigenvalue weighted by atomic mass is 9.87. The number of aryl methyl sites for hydroxylation is 1. The molecule has 1 fully saturated rings. The van der Waals surface area contributed by atoms with E-state index in [0.717, 1.165) is 42.7 Å². The predicted octanol–water partition coefficient (Wildman–Crippen LogP) is 3.22. The Hall–Kier alpha value is -3.43. The van der Waals surface area contributed by atoms with Crippen molar-refractivity contribution >= 4 is 22.4 Å². The van der Waals surface area contributed by atoms with Gasteiger partial charge in [-0.25, -0.2) is 15.3 Å². The normalized spacial score (nSPS) is 16.2. The van der Waals surface area contributed by atoms with Gasteiger partial charge in [-0.2, -0.15) is 10.2 Å². The number of hydrogen-bond acceptors (Lipinski definition) is 6. The number of pyridine rings is 1. The van der Waals surface area contributed by atoms with Crippen LogP contribution in [0.25, 0.3) is 27.8 Å². The molecule has 1 aromatic carbocycles. The van der Waals surface area contributed by atoms with Gasteiger partial charge in [-0.3, -0.25) is 4.90 Å². The topological polar surface area (TPSA) is 126 Å². The van der Waals surface area contributed by atoms with Gasteiger partial charge in [0.05, 0.1) is 12.2 Å². The van der Waals surface area contributed by atoms with E-state index >= 15 is 0 Å². The molecule has 5 rings (SSSR count). The van der Waals surface area contributed by atoms with Gasteiger partial charge in [0.1, 0.15) is 12.2 Å². The van der Waals surface area contributed by atoms with Gasteiger partial charge in [0, 0.05) is 22.7 Å². The van der Waals surface area contributed by atoms with Crippen LogP contribution in [-0.4, -0.2) is 50.0 Å². The number of aromatic nitrogens is 4. The van der Waals surface area contributed by atoms with E-state index in [-0.39, 0.29) is 0 Å². The van der Waals surface area contributed by atoms with Gasteiger partial charge in [-0.1, -0.05) is 19.9 Å². The maximum absolute atomic E-state index is 5.49. The van der Waals surface area contributed by atoms with Gasteiger partial charge in [0.15, 0.2) is 5.65 Å². The molecule has 0 amide bonds. The van der Waals surface area contributed by atoms with Crippen LogP contribution in [0.3, 0.4) is 0 Å². The second-order valence-corrected chi connectivity index (χ2v) is 9.58. The maximum Gasteiger partial charge on any atom is 0.158 e. The number of nitrogens with zero attached hydrogens (tertiary/aromatic N) is 5. The summed E-state index contributed by atoms with van der Waals surface area (Å²) < 4.78 is 1.86. The van der Waals surface area contributed by atoms with Crippen LogP contribution in [0.5, 0.6) is 0 Å². The van der Waals surface area contributed by atoms with Crippen molar-refractivity contribution in [3.05, 3.63) is 53.5 Å². The third-order valence-electron chi connectivity index (χ3n) is 7.04. The summed E-state index contributed by atoms with van der Waals surface area (Å²) in [5, 5.41) is 9.39. The Morgan fingerprint density at radius 3 is 2.76 bits per heavy atom. The molecule has 9 heteroatoms. The van der Waals surface area contributed by atoms with Crippen molar-refractivity contribution in [1.29, 1.82) is 0 Å². The Morgan fingerprint density at radius 1 is 1.26 bits per heavy atom. The number of aromatic amines is 1. The number of hydrazine groups is 1. The lowest BCUT2D eigenvalue weighted by Crippen LogP contribution is -2.44. The van der Waals surface area contributed by atoms with E-state index in [0.29, 0.717) is 24.2 Å². The van der Waals surface area contributed by atoms with Crippen molar-refractivity contribution in [2.45, 2.75) is 45.4 Å². The molecule has 9 nitrogen and oxygen atoms in total. The first-order chi connectivity index (χ1) is 16.5. The van der Waals surface area contributed by atoms with Crippen molar-refractivity contribution in [1.82, 2.24) is 29.9 Å². The third kappa shape index (κ3) is 4.01. The zero-order valence-corrected chi connectivity index (χ0v) is 20.0. The lowest BCUT2D eigenvalue weighted by Gasteiger charge is -2.32. The summed E-state index contributed by atoms with van der Waals surface area (Å²) >= 11 is 0. The number of nitrogens with two attached hydrogens (primary N) is 2. The number of hydrogen-bond donors (Lipinski definition) is 4. The van der Waals surface area contributed by atoms with Crippen LogP contribution in [-0.2, 0) is 0 Å². The quantitative estimate of drug-likeness (QED) is 0.157. The second kappa shape index (κ2) is 9.08. The number of nitrogens with one attached hydrogen (secondary N) is 2. The molecule has 0 atom stereocenters. The first-order valence-corrected chi connectivity index (χ1v) is 11.9. The van der Waals surface area contributed by atoms with Crippen molar-refractivity contribution in [2.75, 3.05) is 19.6 Å². The molecule has 1 aliphatic heterocycles. The predicted molar refractivity (Wildman–Crippen MR) is 136 cm³/mol. The van der Waals surface area contributed by atoms with Gasteiger partial charge in [0.2, 0.25) is 0 Å². The van der Waals surface area contributed by atoms with Gasteiger partial charge in [0.25, 0.3) is 0 Å². The molecular formula is C25H33N9. The van der Waals surface area contributed by atoms with E-state index in [2.05, 4.69) is 81.7 Å². The number of rotatable bonds is 5. The Kier molecular flexibility index (Phi) is 5.97. The number of benzene rings is 1. The summed E-state index contributed by atoms with van der Waals surface area (Å²) in [6.45, 7) is 9.26. The molecule has 34 heavy (non-hydrogen) atoms. The zero-order chi connectivity index (χ0) is 23.8. The molecule has 4 aromatic rings. The molecule has 0 unspecified atom stereocenters. The van der Waals surface area contributed by atoms with Gasteiger partial charge >= 0.3 is 0 Å². The SMILES string of the molecule is Cc1cc(-c2[nH]c3ccc(C4CCN(C/C(=N/N)NN)CC4)cc3c2C(C)C)cn2ncnc12. The molecular weight excluding hydrogens is 426 g/mol. The van der Waals surface area contributed by atoms with E-state index in [1.165, 1.54) is 27.7 Å². The highest BCUT2D eigenvalue weighted by molar-refractivity contribution is 5.92. The fourth-order valence-electron chi connectivity index (χ4n) is 5.30. The van der Waals surface area contributed by atoms with E-state index in [4.69, 9.17) is 11.7 Å². The summed E-state index contributed by atoms with van der Waals surface area (Å²) in [4.78, 5) is 10.4. The van der Waals surface area contributed by atoms with Crippen LogP contribution in [0.2, 0.25) is 0 Å². The smallest absolute Gasteiger partial charge is 0.158 e. The van der Waals surface area contributed by atoms with E-state index in [1.807, 2.05) is 4.52 Å². The number of likely N-dealkylation sites (tertiary alicyclic amines) is 1. The number of hydrazone groups is 1. The number of piperidine rings is 1. The Balaban J connectivity index is 1.46. The van der Waals surface area contributed by atoms with Crippen LogP contribution < -0.4 is 17.1 Å². The minimum atomic E-state index is 0.380. The molecule has 3 aromatic heterocycles. The van der Waals surface area contributed by atoms with Crippen LogP contribution in [0.4, 0.5) is 0 Å². The van der Waals surface area contributed by atoms with E-state index < -0.39 is 0 Å². The highest BCUT2D eigenvalue weighted by atomic mass is 15.3. The van der Waals surface area contributed by atoms with Crippen LogP contribution in [0.15, 0.2) is 41.9 Å². The van der Waals surface area contributed by atoms with Gasteiger partial charge in [-0.05, 0) is 79.6 Å². The standard InChI is InChI=1S/C25H33N9/c1-15(2)23-20-11-18(17-6-8-33(9-7-17)13-22(31-26)32-27)4-5-21(20)30-24(23)19-10-16(3)25-28-14-29-34(25)12-19/h4-5,10-12,14-15,17,30H,6-9,13,26-27H2,1-3H3,(H,31,32). The van der Waals surface area contributed by atoms with E-state index in [1.54, 1.807) is 6.33 Å². The lowest BCUT2D eigenvalue weighted by molar-refractivity contribution is 0.237. The molecule has 0 bridgehead atoms. The third-order valence-corrected chi connectivity index (χ3v) is 7.04. The van der Waals surface area contributed by atoms with Crippen molar-refractivity contribution in [3.8, 4) is 11.3 Å². The van der Waals surface area contributed by atoms with E-state index in [9.17, 15) is 0 Å². The molecule has 0 saturated carbocycles. The van der Waals surface area contributed by atoms with Crippen LogP contribution >= 0.6 is 0 Å². The molecule has 0 radical (unpaired) electrons. The average molecular weight is 460 g/mol. The maximum atomic E-state index is 5.49. The van der Waals surface area contributed by atoms with Crippen molar-refractivity contribution in [2.24, 2.45) is 16.8 Å². The fraction of sp³-hybridized carbons (Fsp3) is 0.400. The second-order valence-electron chi connectivity index (χ2n) is 9.58. The summed E-state index contributed by atoms with van der Waals surface area (Å²) in [6, 6.07) is 9.13. The number of fused-ring (bicyclic) bond motifs is 2. The summed E-state index contributed by atoms with van der Waals surface area (Å²) in [7, 11) is 0. The largest absolute Gasteiger partial charge is 0.354 e. The fourth-order valence-corrected chi connectivity index (χ4v) is 5.30. The van der Waals surface area contributed by atoms with Gasteiger partial charge in [-0.15, -0.1) is 0 Å². The molecule has 0 spiro atoms. The summed E-state index contributed by atoms with van der Waals surface area (Å²) in [5.74, 6) is 12.4. The first-order valence-electron chi connectivity index (χ1n) is 11.9. The number of amidine groups is 1. The van der Waals surface area contributed by atoms with Crippen molar-refractivity contribution < 1.29 is 0 Å². The monoisotopic (exact) mass is 459 g/mol. The summed E-state index contributed by atoms with van der Waals surface area (Å²) in [5.41, 5.74) is 10.8. The Bertz CT molecular complexity index is 1340. The Morgan fingerprint density at radius 2 is 2.06 bits per heavy atom. The highest BCUT2D eigenvalue weighted by Gasteiger charge is 2.23. The molecule has 178 valence electrons. The molecule has 6 N–H and O–H groups in total. The average Bonchev–Trinajstić information content (AvgIpc) is 3.47. The number of H-pyrrole nitrogens is 1.